The topological polar surface area (TPSA) is 112 Å². The highest BCUT2D eigenvalue weighted by Gasteiger charge is 2.51. The minimum Gasteiger partial charge on any atom is -0.496 e. The molecule has 186 valence electrons. The summed E-state index contributed by atoms with van der Waals surface area (Å²) in [6.45, 7) is 7.19. The number of anilines is 1. The van der Waals surface area contributed by atoms with Crippen molar-refractivity contribution in [2.75, 3.05) is 31.6 Å². The molecule has 1 saturated heterocycles. The Morgan fingerprint density at radius 1 is 1.26 bits per heavy atom. The monoisotopic (exact) mass is 497 g/mol. The molecule has 0 spiro atoms. The third kappa shape index (κ3) is 5.00. The Morgan fingerprint density at radius 3 is 2.66 bits per heavy atom. The van der Waals surface area contributed by atoms with Gasteiger partial charge in [-0.25, -0.2) is 9.97 Å². The van der Waals surface area contributed by atoms with Gasteiger partial charge in [-0.3, -0.25) is 14.7 Å². The van der Waals surface area contributed by atoms with E-state index in [1.165, 1.54) is 11.3 Å². The average molecular weight is 498 g/mol. The predicted octanol–water partition coefficient (Wildman–Crippen LogP) is 3.12. The van der Waals surface area contributed by atoms with Crippen LogP contribution < -0.4 is 9.64 Å². The van der Waals surface area contributed by atoms with Gasteiger partial charge in [-0.2, -0.15) is 0 Å². The van der Waals surface area contributed by atoms with E-state index in [9.17, 15) is 15.0 Å². The molecule has 1 aliphatic heterocycles. The van der Waals surface area contributed by atoms with Crippen LogP contribution in [0.5, 0.6) is 5.75 Å². The van der Waals surface area contributed by atoms with Crippen LogP contribution in [0.15, 0.2) is 47.7 Å². The second-order valence-corrected chi connectivity index (χ2v) is 10.5. The van der Waals surface area contributed by atoms with Gasteiger partial charge in [-0.1, -0.05) is 32.9 Å². The van der Waals surface area contributed by atoms with E-state index < -0.39 is 17.7 Å². The summed E-state index contributed by atoms with van der Waals surface area (Å²) in [7, 11) is 1.60. The van der Waals surface area contributed by atoms with Crippen molar-refractivity contribution < 1.29 is 19.7 Å². The van der Waals surface area contributed by atoms with Crippen LogP contribution in [-0.2, 0) is 16.6 Å². The van der Waals surface area contributed by atoms with Gasteiger partial charge in [0.25, 0.3) is 0 Å². The number of aliphatic hydroxyl groups excluding tert-OH is 1. The second-order valence-electron chi connectivity index (χ2n) is 9.76. The first kappa shape index (κ1) is 25.0. The Morgan fingerprint density at radius 2 is 2.06 bits per heavy atom. The van der Waals surface area contributed by atoms with Gasteiger partial charge in [-0.15, -0.1) is 11.3 Å². The zero-order valence-electron chi connectivity index (χ0n) is 20.4. The minimum absolute atomic E-state index is 0.118. The lowest BCUT2D eigenvalue weighted by atomic mass is 9.84. The number of rotatable bonds is 7. The van der Waals surface area contributed by atoms with Crippen LogP contribution in [0.2, 0.25) is 0 Å². The highest BCUT2D eigenvalue weighted by atomic mass is 32.1. The Hall–Kier alpha value is -3.08. The van der Waals surface area contributed by atoms with Crippen LogP contribution in [0, 0.1) is 0 Å². The lowest BCUT2D eigenvalue weighted by Crippen LogP contribution is -2.68. The summed E-state index contributed by atoms with van der Waals surface area (Å²) >= 11 is 1.41. The zero-order chi connectivity index (χ0) is 25.2. The summed E-state index contributed by atoms with van der Waals surface area (Å²) in [6, 6.07) is 5.59. The molecule has 3 heterocycles. The van der Waals surface area contributed by atoms with E-state index in [0.29, 0.717) is 35.9 Å². The van der Waals surface area contributed by atoms with Crippen LogP contribution >= 0.6 is 11.3 Å². The average Bonchev–Trinajstić information content (AvgIpc) is 3.36. The van der Waals surface area contributed by atoms with Gasteiger partial charge in [0.2, 0.25) is 0 Å². The maximum absolute atomic E-state index is 13.0. The quantitative estimate of drug-likeness (QED) is 0.508. The SMILES string of the molecule is COc1cc(C(O)N2CCN(c3cnccn3)CC2(Cc2cscn2)C(=O)O)ccc1C(C)(C)C. The van der Waals surface area contributed by atoms with E-state index in [1.54, 1.807) is 42.2 Å². The number of aliphatic carboxylic acids is 1. The Balaban J connectivity index is 1.75. The number of hydrogen-bond acceptors (Lipinski definition) is 9. The lowest BCUT2D eigenvalue weighted by Gasteiger charge is -2.50. The molecule has 1 aliphatic rings. The summed E-state index contributed by atoms with van der Waals surface area (Å²) < 4.78 is 5.63. The minimum atomic E-state index is -1.45. The number of aromatic nitrogens is 3. The number of piperazine rings is 1. The third-order valence-corrected chi connectivity index (χ3v) is 7.10. The number of hydrogen-bond donors (Lipinski definition) is 2. The van der Waals surface area contributed by atoms with Crippen LogP contribution in [0.1, 0.15) is 43.8 Å². The van der Waals surface area contributed by atoms with Crippen molar-refractivity contribution in [3.05, 3.63) is 64.5 Å². The van der Waals surface area contributed by atoms with Crippen molar-refractivity contribution in [2.45, 2.75) is 44.4 Å². The number of nitrogens with zero attached hydrogens (tertiary/aromatic N) is 5. The maximum Gasteiger partial charge on any atom is 0.326 e. The molecule has 35 heavy (non-hydrogen) atoms. The van der Waals surface area contributed by atoms with Gasteiger partial charge in [0, 0.05) is 43.8 Å². The molecule has 0 amide bonds. The van der Waals surface area contributed by atoms with Gasteiger partial charge < -0.3 is 19.8 Å². The van der Waals surface area contributed by atoms with Crippen LogP contribution in [-0.4, -0.2) is 68.3 Å². The van der Waals surface area contributed by atoms with Crippen molar-refractivity contribution >= 4 is 23.1 Å². The highest BCUT2D eigenvalue weighted by Crippen LogP contribution is 2.38. The van der Waals surface area contributed by atoms with Gasteiger partial charge >= 0.3 is 5.97 Å². The number of thiazole rings is 1. The molecule has 2 atom stereocenters. The molecule has 1 fully saturated rings. The normalized spacial score (nSPS) is 20.0. The van der Waals surface area contributed by atoms with E-state index in [2.05, 4.69) is 35.7 Å². The Bertz CT molecular complexity index is 1150. The molecule has 2 unspecified atom stereocenters. The van der Waals surface area contributed by atoms with E-state index >= 15 is 0 Å². The van der Waals surface area contributed by atoms with E-state index in [0.717, 1.165) is 5.56 Å². The molecule has 10 heteroatoms. The van der Waals surface area contributed by atoms with Crippen molar-refractivity contribution in [2.24, 2.45) is 0 Å². The summed E-state index contributed by atoms with van der Waals surface area (Å²) in [4.78, 5) is 29.4. The fourth-order valence-corrected chi connectivity index (χ4v) is 5.21. The van der Waals surface area contributed by atoms with E-state index in [1.807, 2.05) is 22.4 Å². The fraction of sp³-hybridized carbons (Fsp3) is 0.440. The summed E-state index contributed by atoms with van der Waals surface area (Å²) in [5.41, 5.74) is 2.34. The molecule has 1 aromatic carbocycles. The molecule has 4 rings (SSSR count). The summed E-state index contributed by atoms with van der Waals surface area (Å²) in [6.07, 6.45) is 3.77. The number of aliphatic hydroxyl groups is 1. The molecule has 2 aromatic heterocycles. The number of carbonyl (C=O) groups is 1. The summed E-state index contributed by atoms with van der Waals surface area (Å²) in [5, 5.41) is 24.0. The molecule has 2 N–H and O–H groups in total. The van der Waals surface area contributed by atoms with Gasteiger partial charge in [0.15, 0.2) is 0 Å². The first-order valence-corrected chi connectivity index (χ1v) is 12.3. The maximum atomic E-state index is 13.0. The highest BCUT2D eigenvalue weighted by molar-refractivity contribution is 7.07. The van der Waals surface area contributed by atoms with Crippen LogP contribution in [0.25, 0.3) is 0 Å². The molecular formula is C25H31N5O4S. The van der Waals surface area contributed by atoms with Gasteiger partial charge in [0.1, 0.15) is 23.3 Å². The standard InChI is InChI=1S/C25H31N5O4S/c1-24(2,3)19-6-5-17(11-20(19)34-4)22(31)30-10-9-29(21-13-26-7-8-27-21)15-25(30,23(32)33)12-18-14-35-16-28-18/h5-8,11,13-14,16,22,31H,9-10,12,15H2,1-4H3,(H,32,33). The van der Waals surface area contributed by atoms with E-state index in [4.69, 9.17) is 4.74 Å². The number of benzene rings is 1. The van der Waals surface area contributed by atoms with Crippen molar-refractivity contribution in [3.63, 3.8) is 0 Å². The second kappa shape index (κ2) is 9.88. The van der Waals surface area contributed by atoms with Gasteiger partial charge in [0.05, 0.1) is 24.5 Å². The first-order chi connectivity index (χ1) is 16.7. The Labute approximate surface area is 209 Å². The van der Waals surface area contributed by atoms with Crippen molar-refractivity contribution in [1.29, 1.82) is 0 Å². The fourth-order valence-electron chi connectivity index (χ4n) is 4.65. The zero-order valence-corrected chi connectivity index (χ0v) is 21.2. The number of ether oxygens (including phenoxy) is 1. The van der Waals surface area contributed by atoms with Crippen molar-refractivity contribution in [3.8, 4) is 5.75 Å². The third-order valence-electron chi connectivity index (χ3n) is 6.47. The van der Waals surface area contributed by atoms with Crippen LogP contribution in [0.4, 0.5) is 5.82 Å². The number of carboxylic acids is 1. The molecule has 3 aromatic rings. The molecule has 0 bridgehead atoms. The van der Waals surface area contributed by atoms with Crippen molar-refractivity contribution in [1.82, 2.24) is 19.9 Å². The molecule has 0 saturated carbocycles. The molecule has 0 aliphatic carbocycles. The largest absolute Gasteiger partial charge is 0.496 e. The Kier molecular flexibility index (Phi) is 7.07. The van der Waals surface area contributed by atoms with Crippen LogP contribution in [0.3, 0.4) is 0 Å². The predicted molar refractivity (Wildman–Crippen MR) is 134 cm³/mol. The first-order valence-electron chi connectivity index (χ1n) is 11.4. The molecule has 0 radical (unpaired) electrons. The number of methoxy groups -OCH3 is 1. The molecule has 9 nitrogen and oxygen atoms in total. The summed E-state index contributed by atoms with van der Waals surface area (Å²) in [5.74, 6) is 0.228. The van der Waals surface area contributed by atoms with E-state index in [-0.39, 0.29) is 18.4 Å². The number of carboxylic acid groups (broad SMARTS) is 1. The smallest absolute Gasteiger partial charge is 0.326 e. The lowest BCUT2D eigenvalue weighted by molar-refractivity contribution is -0.163. The van der Waals surface area contributed by atoms with Gasteiger partial charge in [-0.05, 0) is 22.6 Å². The molecular weight excluding hydrogens is 466 g/mol.